The van der Waals surface area contributed by atoms with Crippen LogP contribution in [0.3, 0.4) is 0 Å². The Kier molecular flexibility index (Phi) is 3.59. The number of nitrogens with zero attached hydrogens (tertiary/aromatic N) is 2. The molecule has 0 aliphatic heterocycles. The van der Waals surface area contributed by atoms with Crippen molar-refractivity contribution in [1.82, 2.24) is 9.97 Å². The summed E-state index contributed by atoms with van der Waals surface area (Å²) in [5.74, 6) is 2.46. The highest BCUT2D eigenvalue weighted by molar-refractivity contribution is 5.40. The minimum atomic E-state index is 0.610. The molecule has 16 heavy (non-hydrogen) atoms. The molecule has 1 fully saturated rings. The smallest absolute Gasteiger partial charge is 0.218 e. The highest BCUT2D eigenvalue weighted by Gasteiger charge is 2.21. The third-order valence-corrected chi connectivity index (χ3v) is 2.44. The number of aryl methyl sites for hydroxylation is 1. The molecule has 4 nitrogen and oxygen atoms in total. The number of rotatable bonds is 6. The Bertz CT molecular complexity index is 326. The van der Waals surface area contributed by atoms with E-state index >= 15 is 0 Å². The van der Waals surface area contributed by atoms with E-state index in [2.05, 4.69) is 22.2 Å². The Morgan fingerprint density at radius 1 is 1.38 bits per heavy atom. The zero-order valence-electron chi connectivity index (χ0n) is 9.99. The van der Waals surface area contributed by atoms with Crippen molar-refractivity contribution in [2.75, 3.05) is 11.9 Å². The van der Waals surface area contributed by atoms with E-state index in [0.717, 1.165) is 24.5 Å². The average Bonchev–Trinajstić information content (AvgIpc) is 3.02. The summed E-state index contributed by atoms with van der Waals surface area (Å²) >= 11 is 0. The normalized spacial score (nSPS) is 14.9. The highest BCUT2D eigenvalue weighted by Crippen LogP contribution is 2.25. The fourth-order valence-electron chi connectivity index (χ4n) is 1.54. The lowest BCUT2D eigenvalue weighted by Gasteiger charge is -2.09. The fraction of sp³-hybridized carbons (Fsp3) is 0.667. The molecule has 1 aliphatic carbocycles. The van der Waals surface area contributed by atoms with E-state index in [-0.39, 0.29) is 0 Å². The van der Waals surface area contributed by atoms with Gasteiger partial charge in [0.2, 0.25) is 5.88 Å². The van der Waals surface area contributed by atoms with Gasteiger partial charge < -0.3 is 10.1 Å². The third-order valence-electron chi connectivity index (χ3n) is 2.44. The van der Waals surface area contributed by atoms with Crippen LogP contribution in [-0.2, 0) is 6.42 Å². The predicted octanol–water partition coefficient (Wildman–Crippen LogP) is 2.40. The summed E-state index contributed by atoms with van der Waals surface area (Å²) in [5.41, 5.74) is 0. The number of hydrogen-bond donors (Lipinski definition) is 1. The van der Waals surface area contributed by atoms with Crippen LogP contribution in [0.25, 0.3) is 0 Å². The minimum absolute atomic E-state index is 0.610. The van der Waals surface area contributed by atoms with Crippen LogP contribution in [0.1, 0.15) is 38.9 Å². The number of aromatic nitrogens is 2. The Morgan fingerprint density at radius 3 is 2.81 bits per heavy atom. The zero-order chi connectivity index (χ0) is 11.4. The summed E-state index contributed by atoms with van der Waals surface area (Å²) in [6.07, 6.45) is 4.45. The Labute approximate surface area is 96.4 Å². The van der Waals surface area contributed by atoms with Crippen LogP contribution < -0.4 is 10.1 Å². The van der Waals surface area contributed by atoms with Gasteiger partial charge in [-0.1, -0.05) is 6.92 Å². The SMILES string of the molecule is CCCc1nc(NC2CC2)cc(OCC)n1. The highest BCUT2D eigenvalue weighted by atomic mass is 16.5. The molecule has 0 saturated heterocycles. The van der Waals surface area contributed by atoms with Crippen LogP contribution in [0, 0.1) is 0 Å². The minimum Gasteiger partial charge on any atom is -0.478 e. The van der Waals surface area contributed by atoms with Crippen molar-refractivity contribution in [2.24, 2.45) is 0 Å². The van der Waals surface area contributed by atoms with Gasteiger partial charge in [0.1, 0.15) is 11.6 Å². The number of anilines is 1. The fourth-order valence-corrected chi connectivity index (χ4v) is 1.54. The summed E-state index contributed by atoms with van der Waals surface area (Å²) < 4.78 is 5.44. The molecule has 0 radical (unpaired) electrons. The van der Waals surface area contributed by atoms with Crippen LogP contribution in [0.5, 0.6) is 5.88 Å². The van der Waals surface area contributed by atoms with Crippen molar-refractivity contribution >= 4 is 5.82 Å². The first-order valence-corrected chi connectivity index (χ1v) is 6.09. The summed E-state index contributed by atoms with van der Waals surface area (Å²) in [6, 6.07) is 2.50. The van der Waals surface area contributed by atoms with Gasteiger partial charge in [-0.25, -0.2) is 4.98 Å². The molecule has 4 heteroatoms. The van der Waals surface area contributed by atoms with E-state index in [1.165, 1.54) is 12.8 Å². The summed E-state index contributed by atoms with van der Waals surface area (Å²) in [7, 11) is 0. The monoisotopic (exact) mass is 221 g/mol. The second kappa shape index (κ2) is 5.14. The van der Waals surface area contributed by atoms with E-state index in [0.29, 0.717) is 18.5 Å². The van der Waals surface area contributed by atoms with Gasteiger partial charge in [-0.15, -0.1) is 0 Å². The maximum atomic E-state index is 5.44. The first kappa shape index (κ1) is 11.2. The van der Waals surface area contributed by atoms with Gasteiger partial charge in [-0.3, -0.25) is 0 Å². The van der Waals surface area contributed by atoms with Crippen LogP contribution >= 0.6 is 0 Å². The second-order valence-corrected chi connectivity index (χ2v) is 4.11. The first-order chi connectivity index (χ1) is 7.81. The van der Waals surface area contributed by atoms with Gasteiger partial charge in [0.15, 0.2) is 0 Å². The van der Waals surface area contributed by atoms with Crippen molar-refractivity contribution in [3.05, 3.63) is 11.9 Å². The number of ether oxygens (including phenoxy) is 1. The van der Waals surface area contributed by atoms with Crippen molar-refractivity contribution in [3.63, 3.8) is 0 Å². The molecule has 0 spiro atoms. The molecule has 0 atom stereocenters. The van der Waals surface area contributed by atoms with Gasteiger partial charge >= 0.3 is 0 Å². The first-order valence-electron chi connectivity index (χ1n) is 6.09. The van der Waals surface area contributed by atoms with E-state index in [1.807, 2.05) is 13.0 Å². The van der Waals surface area contributed by atoms with Gasteiger partial charge in [0.25, 0.3) is 0 Å². The molecule has 1 aliphatic rings. The van der Waals surface area contributed by atoms with Crippen molar-refractivity contribution in [1.29, 1.82) is 0 Å². The average molecular weight is 221 g/mol. The largest absolute Gasteiger partial charge is 0.478 e. The topological polar surface area (TPSA) is 47.0 Å². The third kappa shape index (κ3) is 3.08. The van der Waals surface area contributed by atoms with Crippen LogP contribution in [0.15, 0.2) is 6.07 Å². The quantitative estimate of drug-likeness (QED) is 0.801. The van der Waals surface area contributed by atoms with Crippen LogP contribution in [0.4, 0.5) is 5.82 Å². The van der Waals surface area contributed by atoms with Gasteiger partial charge in [0, 0.05) is 18.5 Å². The number of nitrogens with one attached hydrogen (secondary N) is 1. The molecule has 0 unspecified atom stereocenters. The maximum absolute atomic E-state index is 5.44. The van der Waals surface area contributed by atoms with Crippen molar-refractivity contribution < 1.29 is 4.74 Å². The van der Waals surface area contributed by atoms with E-state index in [9.17, 15) is 0 Å². The summed E-state index contributed by atoms with van der Waals surface area (Å²) in [5, 5.41) is 3.38. The molecule has 0 bridgehead atoms. The van der Waals surface area contributed by atoms with E-state index in [4.69, 9.17) is 4.74 Å². The summed E-state index contributed by atoms with van der Waals surface area (Å²) in [6.45, 7) is 4.74. The van der Waals surface area contributed by atoms with Crippen LogP contribution in [0.2, 0.25) is 0 Å². The molecule has 2 rings (SSSR count). The standard InChI is InChI=1S/C12H19N3O/c1-3-5-10-14-11(13-9-6-7-9)8-12(15-10)16-4-2/h8-9H,3-7H2,1-2H3,(H,13,14,15). The molecule has 1 aromatic heterocycles. The zero-order valence-corrected chi connectivity index (χ0v) is 9.99. The molecule has 1 saturated carbocycles. The summed E-state index contributed by atoms with van der Waals surface area (Å²) in [4.78, 5) is 8.85. The molecule has 1 N–H and O–H groups in total. The van der Waals surface area contributed by atoms with E-state index in [1.54, 1.807) is 0 Å². The lowest BCUT2D eigenvalue weighted by atomic mass is 10.3. The number of hydrogen-bond acceptors (Lipinski definition) is 4. The molecule has 1 aromatic rings. The van der Waals surface area contributed by atoms with Crippen molar-refractivity contribution in [2.45, 2.75) is 45.6 Å². The Hall–Kier alpha value is -1.32. The lowest BCUT2D eigenvalue weighted by Crippen LogP contribution is -2.07. The molecule has 88 valence electrons. The van der Waals surface area contributed by atoms with Gasteiger partial charge in [-0.05, 0) is 26.2 Å². The predicted molar refractivity (Wildman–Crippen MR) is 63.8 cm³/mol. The second-order valence-electron chi connectivity index (χ2n) is 4.11. The molecular weight excluding hydrogens is 202 g/mol. The molecule has 1 heterocycles. The Morgan fingerprint density at radius 2 is 2.19 bits per heavy atom. The van der Waals surface area contributed by atoms with Crippen molar-refractivity contribution in [3.8, 4) is 5.88 Å². The van der Waals surface area contributed by atoms with E-state index < -0.39 is 0 Å². The molecule has 0 aromatic carbocycles. The molecule has 0 amide bonds. The maximum Gasteiger partial charge on any atom is 0.218 e. The Balaban J connectivity index is 2.13. The van der Waals surface area contributed by atoms with Crippen LogP contribution in [-0.4, -0.2) is 22.6 Å². The molecular formula is C12H19N3O. The van der Waals surface area contributed by atoms with Gasteiger partial charge in [-0.2, -0.15) is 4.98 Å². The van der Waals surface area contributed by atoms with Gasteiger partial charge in [0.05, 0.1) is 6.61 Å². The lowest BCUT2D eigenvalue weighted by molar-refractivity contribution is 0.325.